The van der Waals surface area contributed by atoms with Gasteiger partial charge >= 0.3 is 11.9 Å². The molecule has 0 bridgehead atoms. The van der Waals surface area contributed by atoms with Gasteiger partial charge in [-0.2, -0.15) is 5.26 Å². The van der Waals surface area contributed by atoms with E-state index in [1.54, 1.807) is 31.2 Å². The molecule has 1 heterocycles. The molecule has 0 fully saturated rings. The maximum Gasteiger partial charge on any atom is 0.336 e. The lowest BCUT2D eigenvalue weighted by Crippen LogP contribution is -2.37. The lowest BCUT2D eigenvalue weighted by Gasteiger charge is -2.31. The maximum atomic E-state index is 12.9. The van der Waals surface area contributed by atoms with Gasteiger partial charge in [-0.15, -0.1) is 0 Å². The molecule has 1 aliphatic heterocycles. The van der Waals surface area contributed by atoms with Gasteiger partial charge in [0, 0.05) is 11.6 Å². The Labute approximate surface area is 163 Å². The van der Waals surface area contributed by atoms with Gasteiger partial charge in [0.1, 0.15) is 11.6 Å². The van der Waals surface area contributed by atoms with Crippen molar-refractivity contribution in [1.29, 1.82) is 5.26 Å². The third-order valence-electron chi connectivity index (χ3n) is 4.41. The van der Waals surface area contributed by atoms with Crippen molar-refractivity contribution >= 4 is 23.9 Å². The first kappa shape index (κ1) is 21.0. The number of aliphatic imine (C=N–C) groups is 1. The zero-order chi connectivity index (χ0) is 20.8. The van der Waals surface area contributed by atoms with Crippen molar-refractivity contribution in [2.75, 3.05) is 13.7 Å². The molecular formula is C21H22N2O5. The summed E-state index contributed by atoms with van der Waals surface area (Å²) in [6.45, 7) is 5.61. The van der Waals surface area contributed by atoms with Gasteiger partial charge in [-0.25, -0.2) is 4.79 Å². The van der Waals surface area contributed by atoms with Crippen molar-refractivity contribution in [3.05, 3.63) is 46.7 Å². The third kappa shape index (κ3) is 4.17. The molecule has 2 rings (SSSR count). The lowest BCUT2D eigenvalue weighted by atomic mass is 9.74. The molecule has 0 saturated heterocycles. The molecular weight excluding hydrogens is 360 g/mol. The molecule has 2 atom stereocenters. The molecule has 0 saturated carbocycles. The molecule has 1 aromatic rings. The first-order valence-corrected chi connectivity index (χ1v) is 8.84. The standard InChI is InChI=1S/C21H22N2O5/c1-12(2)11-28-21(26)17-13(3)23-16(10-24)19(20(25)27-4)18(17)15-8-6-5-7-14(15)9-22/h5-8,10,12,17-18H,11H2,1-4H3. The fraction of sp³-hybridized carbons (Fsp3) is 0.381. The molecule has 1 aliphatic rings. The Morgan fingerprint density at radius 3 is 2.57 bits per heavy atom. The second-order valence-corrected chi connectivity index (χ2v) is 6.84. The van der Waals surface area contributed by atoms with E-state index in [0.29, 0.717) is 17.6 Å². The van der Waals surface area contributed by atoms with E-state index in [0.717, 1.165) is 0 Å². The van der Waals surface area contributed by atoms with Crippen molar-refractivity contribution in [3.8, 4) is 6.07 Å². The molecule has 0 radical (unpaired) electrons. The highest BCUT2D eigenvalue weighted by atomic mass is 16.5. The molecule has 0 N–H and O–H groups in total. The topological polar surface area (TPSA) is 106 Å². The summed E-state index contributed by atoms with van der Waals surface area (Å²) in [5, 5.41) is 9.52. The number of allylic oxidation sites excluding steroid dienone is 1. The van der Waals surface area contributed by atoms with Gasteiger partial charge in [-0.3, -0.25) is 14.6 Å². The van der Waals surface area contributed by atoms with E-state index in [4.69, 9.17) is 9.47 Å². The van der Waals surface area contributed by atoms with Crippen molar-refractivity contribution in [3.63, 3.8) is 0 Å². The lowest BCUT2D eigenvalue weighted by molar-refractivity contribution is -0.148. The Morgan fingerprint density at radius 2 is 2.00 bits per heavy atom. The normalized spacial score (nSPS) is 18.9. The molecule has 146 valence electrons. The molecule has 1 aromatic carbocycles. The number of carbonyl (C=O) groups is 3. The van der Waals surface area contributed by atoms with Crippen LogP contribution in [0.3, 0.4) is 0 Å². The number of nitriles is 1. The van der Waals surface area contributed by atoms with Crippen molar-refractivity contribution < 1.29 is 23.9 Å². The summed E-state index contributed by atoms with van der Waals surface area (Å²) in [7, 11) is 1.18. The van der Waals surface area contributed by atoms with Gasteiger partial charge < -0.3 is 9.47 Å². The largest absolute Gasteiger partial charge is 0.466 e. The van der Waals surface area contributed by atoms with Gasteiger partial charge in [0.2, 0.25) is 0 Å². The first-order valence-electron chi connectivity index (χ1n) is 8.84. The number of ether oxygens (including phenoxy) is 2. The average Bonchev–Trinajstić information content (AvgIpc) is 2.70. The zero-order valence-electron chi connectivity index (χ0n) is 16.3. The van der Waals surface area contributed by atoms with Gasteiger partial charge in [0.15, 0.2) is 6.29 Å². The van der Waals surface area contributed by atoms with Gasteiger partial charge in [0.05, 0.1) is 30.9 Å². The highest BCUT2D eigenvalue weighted by Crippen LogP contribution is 2.41. The minimum absolute atomic E-state index is 0.0581. The number of carbonyl (C=O) groups excluding carboxylic acids is 3. The maximum absolute atomic E-state index is 12.9. The number of aldehydes is 1. The van der Waals surface area contributed by atoms with E-state index in [-0.39, 0.29) is 29.4 Å². The van der Waals surface area contributed by atoms with Crippen molar-refractivity contribution in [1.82, 2.24) is 0 Å². The summed E-state index contributed by atoms with van der Waals surface area (Å²) in [4.78, 5) is 41.2. The number of methoxy groups -OCH3 is 1. The molecule has 0 aliphatic carbocycles. The van der Waals surface area contributed by atoms with Gasteiger partial charge in [-0.1, -0.05) is 32.0 Å². The Morgan fingerprint density at radius 1 is 1.32 bits per heavy atom. The Kier molecular flexibility index (Phi) is 6.83. The number of esters is 2. The molecule has 7 nitrogen and oxygen atoms in total. The van der Waals surface area contributed by atoms with Crippen LogP contribution in [0.2, 0.25) is 0 Å². The summed E-state index contributed by atoms with van der Waals surface area (Å²) >= 11 is 0. The van der Waals surface area contributed by atoms with Crippen molar-refractivity contribution in [2.24, 2.45) is 16.8 Å². The van der Waals surface area contributed by atoms with Gasteiger partial charge in [0.25, 0.3) is 0 Å². The number of hydrogen-bond donors (Lipinski definition) is 0. The third-order valence-corrected chi connectivity index (χ3v) is 4.41. The first-order chi connectivity index (χ1) is 13.3. The van der Waals surface area contributed by atoms with Crippen LogP contribution in [0, 0.1) is 23.2 Å². The minimum atomic E-state index is -0.953. The number of hydrogen-bond acceptors (Lipinski definition) is 7. The predicted octanol–water partition coefficient (Wildman–Crippen LogP) is 2.56. The number of rotatable bonds is 6. The van der Waals surface area contributed by atoms with Crippen LogP contribution in [-0.4, -0.2) is 37.7 Å². The fourth-order valence-electron chi connectivity index (χ4n) is 3.17. The molecule has 7 heteroatoms. The second-order valence-electron chi connectivity index (χ2n) is 6.84. The van der Waals surface area contributed by atoms with Crippen LogP contribution in [0.4, 0.5) is 0 Å². The smallest absolute Gasteiger partial charge is 0.336 e. The Balaban J connectivity index is 2.70. The number of benzene rings is 1. The number of nitrogens with zero attached hydrogens (tertiary/aromatic N) is 2. The molecule has 2 unspecified atom stereocenters. The second kappa shape index (κ2) is 9.09. The summed E-state index contributed by atoms with van der Waals surface area (Å²) in [5.74, 6) is -3.10. The van der Waals surface area contributed by atoms with Crippen LogP contribution in [-0.2, 0) is 23.9 Å². The van der Waals surface area contributed by atoms with Crippen LogP contribution < -0.4 is 0 Å². The Bertz CT molecular complexity index is 892. The predicted molar refractivity (Wildman–Crippen MR) is 101 cm³/mol. The zero-order valence-corrected chi connectivity index (χ0v) is 16.3. The Hall–Kier alpha value is -3.27. The van der Waals surface area contributed by atoms with E-state index in [1.807, 2.05) is 13.8 Å². The van der Waals surface area contributed by atoms with Crippen LogP contribution in [0.5, 0.6) is 0 Å². The van der Waals surface area contributed by atoms with Crippen LogP contribution >= 0.6 is 0 Å². The SMILES string of the molecule is COC(=O)C1=C(C=O)N=C(C)C(C(=O)OCC(C)C)C1c1ccccc1C#N. The molecule has 28 heavy (non-hydrogen) atoms. The summed E-state index contributed by atoms with van der Waals surface area (Å²) in [6, 6.07) is 8.69. The monoisotopic (exact) mass is 382 g/mol. The fourth-order valence-corrected chi connectivity index (χ4v) is 3.17. The van der Waals surface area contributed by atoms with Crippen molar-refractivity contribution in [2.45, 2.75) is 26.7 Å². The van der Waals surface area contributed by atoms with E-state index in [1.165, 1.54) is 7.11 Å². The van der Waals surface area contributed by atoms with Crippen LogP contribution in [0.1, 0.15) is 37.8 Å². The van der Waals surface area contributed by atoms with Crippen LogP contribution in [0.15, 0.2) is 40.5 Å². The average molecular weight is 382 g/mol. The van der Waals surface area contributed by atoms with Crippen LogP contribution in [0.25, 0.3) is 0 Å². The van der Waals surface area contributed by atoms with E-state index in [9.17, 15) is 19.6 Å². The van der Waals surface area contributed by atoms with E-state index >= 15 is 0 Å². The summed E-state index contributed by atoms with van der Waals surface area (Å²) < 4.78 is 10.3. The molecule has 0 spiro atoms. The van der Waals surface area contributed by atoms with E-state index < -0.39 is 23.8 Å². The minimum Gasteiger partial charge on any atom is -0.466 e. The quantitative estimate of drug-likeness (QED) is 0.553. The van der Waals surface area contributed by atoms with E-state index in [2.05, 4.69) is 11.1 Å². The molecule has 0 amide bonds. The highest BCUT2D eigenvalue weighted by Gasteiger charge is 2.44. The summed E-state index contributed by atoms with van der Waals surface area (Å²) in [5.41, 5.74) is 0.884. The van der Waals surface area contributed by atoms with Gasteiger partial charge in [-0.05, 0) is 24.5 Å². The summed E-state index contributed by atoms with van der Waals surface area (Å²) in [6.07, 6.45) is 0.452. The molecule has 0 aromatic heterocycles. The highest BCUT2D eigenvalue weighted by molar-refractivity contribution is 6.09.